The van der Waals surface area contributed by atoms with Gasteiger partial charge in [0.15, 0.2) is 0 Å². The molecule has 1 aromatic carbocycles. The van der Waals surface area contributed by atoms with Gasteiger partial charge in [-0.1, -0.05) is 12.1 Å². The van der Waals surface area contributed by atoms with E-state index in [9.17, 15) is 0 Å². The number of benzene rings is 1. The third kappa shape index (κ3) is 2.61. The van der Waals surface area contributed by atoms with Crippen LogP contribution in [0.1, 0.15) is 24.0 Å². The monoisotopic (exact) mass is 249 g/mol. The van der Waals surface area contributed by atoms with Crippen LogP contribution in [-0.4, -0.2) is 24.2 Å². The number of rotatable bonds is 3. The van der Waals surface area contributed by atoms with Crippen molar-refractivity contribution in [3.63, 3.8) is 0 Å². The van der Waals surface area contributed by atoms with Crippen LogP contribution in [0.3, 0.4) is 0 Å². The lowest BCUT2D eigenvalue weighted by Gasteiger charge is -2.21. The Morgan fingerprint density at radius 2 is 2.41 bits per heavy atom. The van der Waals surface area contributed by atoms with Crippen LogP contribution < -0.4 is 10.1 Å². The van der Waals surface area contributed by atoms with E-state index >= 15 is 0 Å². The molecular formula is C14H19NOS. The van der Waals surface area contributed by atoms with Crippen molar-refractivity contribution in [2.45, 2.75) is 31.1 Å². The molecule has 2 aliphatic heterocycles. The highest BCUT2D eigenvalue weighted by atomic mass is 32.2. The molecular weight excluding hydrogens is 230 g/mol. The molecule has 2 nitrogen and oxygen atoms in total. The predicted molar refractivity (Wildman–Crippen MR) is 72.8 cm³/mol. The molecule has 0 bridgehead atoms. The number of ether oxygens (including phenoxy) is 1. The van der Waals surface area contributed by atoms with E-state index in [1.165, 1.54) is 29.7 Å². The van der Waals surface area contributed by atoms with Crippen molar-refractivity contribution < 1.29 is 4.74 Å². The highest BCUT2D eigenvalue weighted by molar-refractivity contribution is 8.00. The van der Waals surface area contributed by atoms with Crippen LogP contribution in [0.4, 0.5) is 0 Å². The zero-order valence-corrected chi connectivity index (χ0v) is 10.9. The van der Waals surface area contributed by atoms with Gasteiger partial charge in [-0.3, -0.25) is 0 Å². The van der Waals surface area contributed by atoms with E-state index in [0.29, 0.717) is 5.25 Å². The molecule has 1 N–H and O–H groups in total. The maximum Gasteiger partial charge on any atom is 0.124 e. The number of hydrogen-bond donors (Lipinski definition) is 1. The molecule has 0 aromatic heterocycles. The zero-order chi connectivity index (χ0) is 11.5. The van der Waals surface area contributed by atoms with Gasteiger partial charge in [-0.2, -0.15) is 11.8 Å². The molecule has 2 heterocycles. The number of fused-ring (bicyclic) bond motifs is 1. The number of nitrogens with one attached hydrogen (secondary N) is 1. The van der Waals surface area contributed by atoms with Crippen molar-refractivity contribution in [1.29, 1.82) is 0 Å². The van der Waals surface area contributed by atoms with Gasteiger partial charge in [0.05, 0.1) is 0 Å². The lowest BCUT2D eigenvalue weighted by atomic mass is 10.0. The average molecular weight is 249 g/mol. The van der Waals surface area contributed by atoms with Gasteiger partial charge in [-0.15, -0.1) is 0 Å². The SMILES string of the molecule is c1cc2c(c(OCC3CCCS3)c1)CNCC2. The minimum absolute atomic E-state index is 0.711. The zero-order valence-electron chi connectivity index (χ0n) is 10.1. The quantitative estimate of drug-likeness (QED) is 0.889. The van der Waals surface area contributed by atoms with Crippen LogP contribution in [0.5, 0.6) is 5.75 Å². The second-order valence-electron chi connectivity index (χ2n) is 4.77. The fourth-order valence-electron chi connectivity index (χ4n) is 2.58. The summed E-state index contributed by atoms with van der Waals surface area (Å²) in [6, 6.07) is 6.47. The first kappa shape index (κ1) is 11.4. The maximum absolute atomic E-state index is 6.03. The third-order valence-electron chi connectivity index (χ3n) is 3.55. The molecule has 1 unspecified atom stereocenters. The molecule has 1 saturated heterocycles. The third-order valence-corrected chi connectivity index (χ3v) is 4.92. The van der Waals surface area contributed by atoms with E-state index < -0.39 is 0 Å². The summed E-state index contributed by atoms with van der Waals surface area (Å²) >= 11 is 2.06. The van der Waals surface area contributed by atoms with Crippen molar-refractivity contribution in [2.24, 2.45) is 0 Å². The van der Waals surface area contributed by atoms with Crippen molar-refractivity contribution >= 4 is 11.8 Å². The van der Waals surface area contributed by atoms with E-state index in [0.717, 1.165) is 31.9 Å². The van der Waals surface area contributed by atoms with Gasteiger partial charge in [0.1, 0.15) is 12.4 Å². The highest BCUT2D eigenvalue weighted by Gasteiger charge is 2.18. The Morgan fingerprint density at radius 3 is 3.29 bits per heavy atom. The van der Waals surface area contributed by atoms with Crippen molar-refractivity contribution in [3.05, 3.63) is 29.3 Å². The van der Waals surface area contributed by atoms with Gasteiger partial charge in [-0.05, 0) is 43.2 Å². The van der Waals surface area contributed by atoms with Crippen LogP contribution in [0.15, 0.2) is 18.2 Å². The van der Waals surface area contributed by atoms with Crippen molar-refractivity contribution in [2.75, 3.05) is 18.9 Å². The Balaban J connectivity index is 1.69. The fraction of sp³-hybridized carbons (Fsp3) is 0.571. The Morgan fingerprint density at radius 1 is 1.41 bits per heavy atom. The Labute approximate surface area is 107 Å². The molecule has 0 amide bonds. The van der Waals surface area contributed by atoms with Gasteiger partial charge in [-0.25, -0.2) is 0 Å². The topological polar surface area (TPSA) is 21.3 Å². The standard InChI is InChI=1S/C14H19NOS/c1-3-11-6-7-15-9-13(11)14(5-1)16-10-12-4-2-8-17-12/h1,3,5,12,15H,2,4,6-10H2. The molecule has 1 aromatic rings. The average Bonchev–Trinajstić information content (AvgIpc) is 2.89. The van der Waals surface area contributed by atoms with E-state index in [2.05, 4.69) is 35.3 Å². The largest absolute Gasteiger partial charge is 0.492 e. The van der Waals surface area contributed by atoms with Crippen LogP contribution in [-0.2, 0) is 13.0 Å². The van der Waals surface area contributed by atoms with E-state index in [1.54, 1.807) is 0 Å². The fourth-order valence-corrected chi connectivity index (χ4v) is 3.74. The summed E-state index contributed by atoms with van der Waals surface area (Å²) in [5.41, 5.74) is 2.84. The van der Waals surface area contributed by atoms with Crippen LogP contribution >= 0.6 is 11.8 Å². The maximum atomic E-state index is 6.03. The van der Waals surface area contributed by atoms with Gasteiger partial charge < -0.3 is 10.1 Å². The summed E-state index contributed by atoms with van der Waals surface area (Å²) < 4.78 is 6.03. The van der Waals surface area contributed by atoms with Gasteiger partial charge >= 0.3 is 0 Å². The smallest absolute Gasteiger partial charge is 0.124 e. The Bertz CT molecular complexity index is 388. The van der Waals surface area contributed by atoms with Crippen LogP contribution in [0, 0.1) is 0 Å². The highest BCUT2D eigenvalue weighted by Crippen LogP contribution is 2.29. The summed E-state index contributed by atoms with van der Waals surface area (Å²) in [5.74, 6) is 2.41. The molecule has 0 radical (unpaired) electrons. The van der Waals surface area contributed by atoms with Gasteiger partial charge in [0.25, 0.3) is 0 Å². The number of hydrogen-bond acceptors (Lipinski definition) is 3. The molecule has 17 heavy (non-hydrogen) atoms. The predicted octanol–water partition coefficient (Wildman–Crippen LogP) is 2.61. The molecule has 1 fully saturated rings. The summed E-state index contributed by atoms with van der Waals surface area (Å²) in [6.07, 6.45) is 3.80. The minimum atomic E-state index is 0.711. The first-order chi connectivity index (χ1) is 8.43. The second kappa shape index (κ2) is 5.32. The summed E-state index contributed by atoms with van der Waals surface area (Å²) in [7, 11) is 0. The Hall–Kier alpha value is -0.670. The van der Waals surface area contributed by atoms with Crippen molar-refractivity contribution in [3.8, 4) is 5.75 Å². The summed E-state index contributed by atoms with van der Waals surface area (Å²) in [5, 5.41) is 4.13. The minimum Gasteiger partial charge on any atom is -0.492 e. The lowest BCUT2D eigenvalue weighted by molar-refractivity contribution is 0.309. The molecule has 92 valence electrons. The first-order valence-corrected chi connectivity index (χ1v) is 7.54. The lowest BCUT2D eigenvalue weighted by Crippen LogP contribution is -2.24. The molecule has 2 aliphatic rings. The van der Waals surface area contributed by atoms with Crippen molar-refractivity contribution in [1.82, 2.24) is 5.32 Å². The number of thioether (sulfide) groups is 1. The molecule has 0 aliphatic carbocycles. The van der Waals surface area contributed by atoms with E-state index in [-0.39, 0.29) is 0 Å². The molecule has 0 spiro atoms. The molecule has 0 saturated carbocycles. The van der Waals surface area contributed by atoms with E-state index in [4.69, 9.17) is 4.74 Å². The van der Waals surface area contributed by atoms with Crippen LogP contribution in [0.2, 0.25) is 0 Å². The Kier molecular flexibility index (Phi) is 3.57. The molecule has 3 heteroatoms. The van der Waals surface area contributed by atoms with Gasteiger partial charge in [0, 0.05) is 17.4 Å². The van der Waals surface area contributed by atoms with Gasteiger partial charge in [0.2, 0.25) is 0 Å². The second-order valence-corrected chi connectivity index (χ2v) is 6.17. The normalized spacial score (nSPS) is 23.4. The van der Waals surface area contributed by atoms with E-state index in [1.807, 2.05) is 0 Å². The van der Waals surface area contributed by atoms with Crippen LogP contribution in [0.25, 0.3) is 0 Å². The molecule has 1 atom stereocenters. The molecule has 3 rings (SSSR count). The summed E-state index contributed by atoms with van der Waals surface area (Å²) in [6.45, 7) is 2.93. The summed E-state index contributed by atoms with van der Waals surface area (Å²) in [4.78, 5) is 0. The first-order valence-electron chi connectivity index (χ1n) is 6.49.